The van der Waals surface area contributed by atoms with Crippen LogP contribution >= 0.6 is 0 Å². The minimum Gasteiger partial charge on any atom is -0.338 e. The van der Waals surface area contributed by atoms with Gasteiger partial charge < -0.3 is 14.4 Å². The second kappa shape index (κ2) is 9.42. The Labute approximate surface area is 177 Å². The molecule has 1 amide bonds. The molecular formula is C20H27ClN4O5. The van der Waals surface area contributed by atoms with Crippen LogP contribution in [0.15, 0.2) is 43.0 Å². The van der Waals surface area contributed by atoms with Crippen molar-refractivity contribution in [1.82, 2.24) is 19.4 Å². The predicted molar refractivity (Wildman–Crippen MR) is 100.0 cm³/mol. The second-order valence-corrected chi connectivity index (χ2v) is 8.93. The molecule has 1 aromatic heterocycles. The highest BCUT2D eigenvalue weighted by Crippen LogP contribution is 2.30. The first kappa shape index (κ1) is 22.7. The lowest BCUT2D eigenvalue weighted by atomic mass is 9.84. The zero-order chi connectivity index (χ0) is 21.9. The maximum absolute atomic E-state index is 12.9. The Morgan fingerprint density at radius 2 is 1.67 bits per heavy atom. The summed E-state index contributed by atoms with van der Waals surface area (Å²) in [5, 5.41) is 0. The van der Waals surface area contributed by atoms with Crippen molar-refractivity contribution < 1.29 is 33.7 Å². The summed E-state index contributed by atoms with van der Waals surface area (Å²) in [6.45, 7) is 8.57. The number of aromatic nitrogens is 2. The summed E-state index contributed by atoms with van der Waals surface area (Å²) in [5.74, 6) is 1.40. The van der Waals surface area contributed by atoms with E-state index in [1.54, 1.807) is 12.5 Å². The Kier molecular flexibility index (Phi) is 7.12. The molecule has 2 aliphatic rings. The summed E-state index contributed by atoms with van der Waals surface area (Å²) in [6, 6.07) is 8.44. The van der Waals surface area contributed by atoms with Gasteiger partial charge in [-0.1, -0.05) is 0 Å². The fourth-order valence-electron chi connectivity index (χ4n) is 4.28. The van der Waals surface area contributed by atoms with Crippen LogP contribution in [0.5, 0.6) is 0 Å². The molecule has 1 aromatic carbocycles. The fraction of sp³-hybridized carbons (Fsp3) is 0.500. The normalized spacial score (nSPS) is 21.9. The molecule has 2 atom stereocenters. The van der Waals surface area contributed by atoms with Crippen LogP contribution in [0.1, 0.15) is 30.6 Å². The molecule has 0 spiro atoms. The molecule has 2 saturated heterocycles. The van der Waals surface area contributed by atoms with Crippen molar-refractivity contribution in [3.8, 4) is 5.69 Å². The molecule has 1 N–H and O–H groups in total. The number of hydrogen-bond donors (Lipinski definition) is 1. The number of piperidine rings is 2. The first-order chi connectivity index (χ1) is 14.1. The summed E-state index contributed by atoms with van der Waals surface area (Å²) in [7, 11) is -4.69. The van der Waals surface area contributed by atoms with Gasteiger partial charge in [0.25, 0.3) is 5.91 Å². The van der Waals surface area contributed by atoms with E-state index in [-0.39, 0.29) is 5.91 Å². The van der Waals surface area contributed by atoms with Crippen molar-refractivity contribution in [3.05, 3.63) is 48.5 Å². The molecular weight excluding hydrogens is 412 g/mol. The fourth-order valence-corrected chi connectivity index (χ4v) is 4.28. The zero-order valence-corrected chi connectivity index (χ0v) is 17.8. The third kappa shape index (κ3) is 6.24. The molecule has 3 heterocycles. The van der Waals surface area contributed by atoms with Gasteiger partial charge in [0.15, 0.2) is 0 Å². The average Bonchev–Trinajstić information content (AvgIpc) is 3.20. The molecule has 30 heavy (non-hydrogen) atoms. The highest BCUT2D eigenvalue weighted by molar-refractivity contribution is 5.94. The van der Waals surface area contributed by atoms with Crippen LogP contribution in [0.3, 0.4) is 0 Å². The van der Waals surface area contributed by atoms with E-state index in [4.69, 9.17) is 18.6 Å². The number of halogens is 1. The van der Waals surface area contributed by atoms with Crippen LogP contribution in [-0.2, 0) is 0 Å². The lowest BCUT2D eigenvalue weighted by Crippen LogP contribution is -2.58. The number of nitrogens with zero attached hydrogens (tertiary/aromatic N) is 4. The topological polar surface area (TPSA) is 131 Å². The van der Waals surface area contributed by atoms with Gasteiger partial charge in [0, 0.05) is 55.9 Å². The molecule has 2 bridgehead atoms. The summed E-state index contributed by atoms with van der Waals surface area (Å²) in [6.07, 6.45) is 6.70. The van der Waals surface area contributed by atoms with Crippen LogP contribution < -0.4 is 14.0 Å². The van der Waals surface area contributed by atoms with Crippen molar-refractivity contribution in [2.75, 3.05) is 26.2 Å². The first-order valence-electron chi connectivity index (χ1n) is 9.85. The number of fused-ring (bicyclic) bond motifs is 2. The molecule has 10 heteroatoms. The van der Waals surface area contributed by atoms with Gasteiger partial charge in [-0.25, -0.2) is 4.98 Å². The molecule has 9 nitrogen and oxygen atoms in total. The maximum Gasteiger partial charge on any atom is 0.253 e. The van der Waals surface area contributed by atoms with Gasteiger partial charge >= 0.3 is 0 Å². The summed E-state index contributed by atoms with van der Waals surface area (Å²) in [4.78, 5) is 21.6. The van der Waals surface area contributed by atoms with E-state index in [0.29, 0.717) is 17.9 Å². The Bertz CT molecular complexity index is 803. The summed E-state index contributed by atoms with van der Waals surface area (Å²) >= 11 is 0. The van der Waals surface area contributed by atoms with Crippen molar-refractivity contribution in [2.45, 2.75) is 26.3 Å². The standard InChI is InChI=1S/C20H26N4O.ClHO4/c1-15(2)23-10-16-9-17(11-23)13-24(12-16)20(25)18-3-5-19(6-4-18)22-8-7-21-14-22;2-1(3,4)5/h3-8,14-17H,9-13H2,1-2H3;(H,2,3,4,5). The SMILES string of the molecule is CC(C)N1CC2CC(CN(C(=O)c3ccc(-n4ccnc4)cc3)C2)C1.[O-][Cl+3]([O-])([O-])O. The van der Waals surface area contributed by atoms with E-state index < -0.39 is 10.2 Å². The van der Waals surface area contributed by atoms with Crippen LogP contribution in [0.25, 0.3) is 5.69 Å². The number of likely N-dealkylation sites (tertiary alicyclic amines) is 2. The van der Waals surface area contributed by atoms with Crippen LogP contribution in [0.2, 0.25) is 0 Å². The van der Waals surface area contributed by atoms with E-state index >= 15 is 0 Å². The van der Waals surface area contributed by atoms with Crippen molar-refractivity contribution >= 4 is 5.91 Å². The van der Waals surface area contributed by atoms with Crippen molar-refractivity contribution in [2.24, 2.45) is 11.8 Å². The van der Waals surface area contributed by atoms with Crippen LogP contribution in [0.4, 0.5) is 0 Å². The lowest BCUT2D eigenvalue weighted by molar-refractivity contribution is -1.92. The molecule has 2 unspecified atom stereocenters. The summed E-state index contributed by atoms with van der Waals surface area (Å²) in [5.41, 5.74) is 1.81. The third-order valence-corrected chi connectivity index (χ3v) is 5.54. The van der Waals surface area contributed by atoms with Gasteiger partial charge in [0.1, 0.15) is 0 Å². The Morgan fingerprint density at radius 3 is 2.13 bits per heavy atom. The smallest absolute Gasteiger partial charge is 0.253 e. The largest absolute Gasteiger partial charge is 0.338 e. The van der Waals surface area contributed by atoms with E-state index in [0.717, 1.165) is 37.4 Å². The van der Waals surface area contributed by atoms with E-state index in [9.17, 15) is 4.79 Å². The quantitative estimate of drug-likeness (QED) is 0.620. The third-order valence-electron chi connectivity index (χ3n) is 5.54. The predicted octanol–water partition coefficient (Wildman–Crippen LogP) is -1.45. The zero-order valence-electron chi connectivity index (χ0n) is 17.1. The van der Waals surface area contributed by atoms with Gasteiger partial charge in [0.05, 0.1) is 21.2 Å². The molecule has 2 fully saturated rings. The molecule has 0 saturated carbocycles. The lowest BCUT2D eigenvalue weighted by Gasteiger charge is -2.47. The first-order valence-corrected chi connectivity index (χ1v) is 11.1. The monoisotopic (exact) mass is 438 g/mol. The molecule has 164 valence electrons. The van der Waals surface area contributed by atoms with Gasteiger partial charge in [-0.15, -0.1) is 0 Å². The Balaban J connectivity index is 0.000000461. The van der Waals surface area contributed by atoms with E-state index in [1.165, 1.54) is 6.42 Å². The van der Waals surface area contributed by atoms with Gasteiger partial charge in [-0.3, -0.25) is 4.79 Å². The number of amides is 1. The highest BCUT2D eigenvalue weighted by Gasteiger charge is 2.36. The van der Waals surface area contributed by atoms with E-state index in [1.807, 2.05) is 35.0 Å². The number of carbonyl (C=O) groups excluding carboxylic acids is 1. The Hall–Kier alpha value is -2.01. The number of hydrogen-bond acceptors (Lipinski definition) is 7. The summed E-state index contributed by atoms with van der Waals surface area (Å²) < 4.78 is 34.7. The Morgan fingerprint density at radius 1 is 1.10 bits per heavy atom. The molecule has 0 radical (unpaired) electrons. The van der Waals surface area contributed by atoms with Crippen LogP contribution in [0, 0.1) is 22.1 Å². The minimum atomic E-state index is -4.69. The molecule has 2 aliphatic heterocycles. The average molecular weight is 439 g/mol. The van der Waals surface area contributed by atoms with Gasteiger partial charge in [-0.2, -0.15) is 14.0 Å². The second-order valence-electron chi connectivity index (χ2n) is 8.14. The number of benzene rings is 1. The van der Waals surface area contributed by atoms with Crippen LogP contribution in [-0.4, -0.2) is 62.1 Å². The number of imidazole rings is 1. The van der Waals surface area contributed by atoms with Crippen molar-refractivity contribution in [3.63, 3.8) is 0 Å². The maximum atomic E-state index is 12.9. The number of carbonyl (C=O) groups is 1. The molecule has 2 aromatic rings. The molecule has 4 rings (SSSR count). The van der Waals surface area contributed by atoms with E-state index in [2.05, 4.69) is 28.6 Å². The molecule has 0 aliphatic carbocycles. The van der Waals surface area contributed by atoms with Crippen molar-refractivity contribution in [1.29, 1.82) is 0 Å². The van der Waals surface area contributed by atoms with Gasteiger partial charge in [0.2, 0.25) is 0 Å². The van der Waals surface area contributed by atoms with Gasteiger partial charge in [-0.05, 0) is 56.4 Å². The minimum absolute atomic E-state index is 0.171. The number of rotatable bonds is 3. The highest BCUT2D eigenvalue weighted by atomic mass is 35.7.